The van der Waals surface area contributed by atoms with Gasteiger partial charge in [0.05, 0.1) is 5.92 Å². The Morgan fingerprint density at radius 3 is 2.60 bits per heavy atom. The van der Waals surface area contributed by atoms with E-state index in [4.69, 9.17) is 0 Å². The van der Waals surface area contributed by atoms with E-state index in [2.05, 4.69) is 0 Å². The Bertz CT molecular complexity index is 364. The Balaban J connectivity index is 2.49. The average molecular weight is 211 g/mol. The third-order valence-corrected chi connectivity index (χ3v) is 3.72. The maximum Gasteiger partial charge on any atom is 0.333 e. The van der Waals surface area contributed by atoms with Crippen molar-refractivity contribution in [2.45, 2.75) is 18.9 Å². The summed E-state index contributed by atoms with van der Waals surface area (Å²) in [6.07, 6.45) is 0.759. The van der Waals surface area contributed by atoms with Crippen LogP contribution < -0.4 is 0 Å². The lowest BCUT2D eigenvalue weighted by atomic mass is 9.56. The van der Waals surface area contributed by atoms with Crippen molar-refractivity contribution in [3.05, 3.63) is 0 Å². The molecule has 5 nitrogen and oxygen atoms in total. The van der Waals surface area contributed by atoms with Crippen LogP contribution in [0.3, 0.4) is 0 Å². The van der Waals surface area contributed by atoms with Gasteiger partial charge in [0.1, 0.15) is 0 Å². The molecular weight excluding hydrogens is 198 g/mol. The number of likely N-dealkylation sites (tertiary alicyclic amines) is 1. The molecular formula is C10H13NO4. The molecule has 0 aromatic heterocycles. The van der Waals surface area contributed by atoms with Crippen LogP contribution in [0.1, 0.15) is 13.3 Å². The van der Waals surface area contributed by atoms with Crippen molar-refractivity contribution in [2.24, 2.45) is 11.8 Å². The topological polar surface area (TPSA) is 74.7 Å². The molecule has 1 heterocycles. The molecule has 0 aromatic carbocycles. The molecule has 0 radical (unpaired) electrons. The van der Waals surface area contributed by atoms with Gasteiger partial charge in [0.2, 0.25) is 11.6 Å². The molecule has 1 saturated carbocycles. The van der Waals surface area contributed by atoms with Crippen molar-refractivity contribution in [1.82, 2.24) is 4.90 Å². The summed E-state index contributed by atoms with van der Waals surface area (Å²) in [7, 11) is 1.59. The number of hydrogen-bond donors (Lipinski definition) is 1. The van der Waals surface area contributed by atoms with Crippen molar-refractivity contribution in [2.75, 3.05) is 13.6 Å². The van der Waals surface area contributed by atoms with Crippen LogP contribution in [0.4, 0.5) is 0 Å². The average Bonchev–Trinajstić information content (AvgIpc) is 2.18. The number of rotatable bonds is 1. The zero-order chi connectivity index (χ0) is 11.4. The lowest BCUT2D eigenvalue weighted by Gasteiger charge is -2.53. The van der Waals surface area contributed by atoms with E-state index in [0.717, 1.165) is 6.42 Å². The van der Waals surface area contributed by atoms with E-state index in [1.807, 2.05) is 6.92 Å². The first-order chi connectivity index (χ1) is 6.94. The van der Waals surface area contributed by atoms with Crippen molar-refractivity contribution >= 4 is 17.5 Å². The molecule has 2 rings (SSSR count). The zero-order valence-electron chi connectivity index (χ0n) is 8.69. The number of carbonyl (C=O) groups is 3. The van der Waals surface area contributed by atoms with Crippen LogP contribution in [-0.4, -0.2) is 46.7 Å². The van der Waals surface area contributed by atoms with Gasteiger partial charge < -0.3 is 5.11 Å². The molecule has 2 aliphatic rings. The molecule has 1 aliphatic heterocycles. The number of nitrogens with zero attached hydrogens (tertiary/aromatic N) is 1. The highest BCUT2D eigenvalue weighted by Crippen LogP contribution is 2.46. The smallest absolute Gasteiger partial charge is 0.333 e. The number of carboxylic acids is 1. The van der Waals surface area contributed by atoms with Gasteiger partial charge in [-0.25, -0.2) is 4.79 Å². The van der Waals surface area contributed by atoms with Gasteiger partial charge in [0.25, 0.3) is 0 Å². The van der Waals surface area contributed by atoms with E-state index >= 15 is 0 Å². The lowest BCUT2D eigenvalue weighted by molar-refractivity contribution is -0.185. The number of carbonyl (C=O) groups excluding carboxylic acids is 2. The largest absolute Gasteiger partial charge is 0.479 e. The third kappa shape index (κ3) is 0.937. The fourth-order valence-corrected chi connectivity index (χ4v) is 2.80. The predicted octanol–water partition coefficient (Wildman–Crippen LogP) is -0.451. The van der Waals surface area contributed by atoms with Crippen LogP contribution in [0.5, 0.6) is 0 Å². The van der Waals surface area contributed by atoms with Crippen LogP contribution >= 0.6 is 0 Å². The fraction of sp³-hybridized carbons (Fsp3) is 0.700. The first-order valence-corrected chi connectivity index (χ1v) is 4.97. The summed E-state index contributed by atoms with van der Waals surface area (Å²) < 4.78 is 0. The lowest BCUT2D eigenvalue weighted by Crippen LogP contribution is -2.79. The number of aliphatic carboxylic acids is 1. The van der Waals surface area contributed by atoms with Crippen LogP contribution in [0, 0.1) is 11.8 Å². The SMILES string of the molecule is CC1CCN(C)[C@]2(C(=O)O)C(=O)C(=O)C12. The summed E-state index contributed by atoms with van der Waals surface area (Å²) in [5.74, 6) is -3.14. The number of carboxylic acid groups (broad SMARTS) is 1. The summed E-state index contributed by atoms with van der Waals surface area (Å²) in [5, 5.41) is 9.18. The van der Waals surface area contributed by atoms with Gasteiger partial charge in [-0.15, -0.1) is 0 Å². The van der Waals surface area contributed by atoms with Gasteiger partial charge in [-0.3, -0.25) is 14.5 Å². The standard InChI is InChI=1S/C10H13NO4/c1-5-3-4-11(2)10(9(14)15)6(5)7(12)8(10)13/h5-6H,3-4H2,1-2H3,(H,14,15)/t5?,6?,10-/m0/s1. The van der Waals surface area contributed by atoms with Crippen LogP contribution in [0.25, 0.3) is 0 Å². The summed E-state index contributed by atoms with van der Waals surface area (Å²) in [4.78, 5) is 35.7. The minimum Gasteiger partial charge on any atom is -0.479 e. The Morgan fingerprint density at radius 2 is 2.13 bits per heavy atom. The van der Waals surface area contributed by atoms with E-state index in [9.17, 15) is 19.5 Å². The Morgan fingerprint density at radius 1 is 1.53 bits per heavy atom. The van der Waals surface area contributed by atoms with Crippen molar-refractivity contribution < 1.29 is 19.5 Å². The Kier molecular flexibility index (Phi) is 1.98. The number of fused-ring (bicyclic) bond motifs is 1. The molecule has 1 aliphatic carbocycles. The molecule has 5 heteroatoms. The molecule has 0 aromatic rings. The van der Waals surface area contributed by atoms with E-state index in [1.165, 1.54) is 4.90 Å². The molecule has 1 saturated heterocycles. The molecule has 15 heavy (non-hydrogen) atoms. The minimum absolute atomic E-state index is 0.0255. The normalized spacial score (nSPS) is 40.9. The number of piperidine rings is 1. The summed E-state index contributed by atoms with van der Waals surface area (Å²) in [6.45, 7) is 2.38. The second-order valence-electron chi connectivity index (χ2n) is 4.43. The van der Waals surface area contributed by atoms with Gasteiger partial charge in [-0.1, -0.05) is 6.92 Å². The molecule has 2 fully saturated rings. The van der Waals surface area contributed by atoms with Crippen molar-refractivity contribution in [3.8, 4) is 0 Å². The van der Waals surface area contributed by atoms with Gasteiger partial charge >= 0.3 is 5.97 Å². The highest BCUT2D eigenvalue weighted by molar-refractivity contribution is 6.54. The maximum absolute atomic E-state index is 11.5. The number of hydrogen-bond acceptors (Lipinski definition) is 4. The first kappa shape index (κ1) is 10.3. The Hall–Kier alpha value is -1.23. The summed E-state index contributed by atoms with van der Waals surface area (Å²) >= 11 is 0. The van der Waals surface area contributed by atoms with Gasteiger partial charge in [-0.05, 0) is 25.9 Å². The summed E-state index contributed by atoms with van der Waals surface area (Å²) in [5.41, 5.74) is -1.56. The quantitative estimate of drug-likeness (QED) is 0.469. The van der Waals surface area contributed by atoms with E-state index in [0.29, 0.717) is 6.54 Å². The number of Topliss-reactive ketones (excluding diaryl/α,β-unsaturated/α-hetero) is 2. The molecule has 3 atom stereocenters. The van der Waals surface area contributed by atoms with E-state index in [1.54, 1.807) is 7.05 Å². The van der Waals surface area contributed by atoms with Crippen LogP contribution in [0.2, 0.25) is 0 Å². The van der Waals surface area contributed by atoms with Gasteiger partial charge in [0.15, 0.2) is 5.54 Å². The predicted molar refractivity (Wildman–Crippen MR) is 50.3 cm³/mol. The second-order valence-corrected chi connectivity index (χ2v) is 4.43. The maximum atomic E-state index is 11.5. The van der Waals surface area contributed by atoms with Crippen LogP contribution in [0.15, 0.2) is 0 Å². The molecule has 1 N–H and O–H groups in total. The van der Waals surface area contributed by atoms with Gasteiger partial charge in [-0.2, -0.15) is 0 Å². The minimum atomic E-state index is -1.56. The zero-order valence-corrected chi connectivity index (χ0v) is 8.69. The van der Waals surface area contributed by atoms with Crippen molar-refractivity contribution in [1.29, 1.82) is 0 Å². The molecule has 0 spiro atoms. The van der Waals surface area contributed by atoms with Gasteiger partial charge in [0, 0.05) is 0 Å². The first-order valence-electron chi connectivity index (χ1n) is 4.97. The van der Waals surface area contributed by atoms with E-state index in [-0.39, 0.29) is 5.92 Å². The second kappa shape index (κ2) is 2.88. The molecule has 0 bridgehead atoms. The molecule has 82 valence electrons. The molecule has 2 unspecified atom stereocenters. The fourth-order valence-electron chi connectivity index (χ4n) is 2.80. The molecule has 0 amide bonds. The Labute approximate surface area is 87.1 Å². The highest BCUT2D eigenvalue weighted by atomic mass is 16.4. The number of ketones is 2. The summed E-state index contributed by atoms with van der Waals surface area (Å²) in [6, 6.07) is 0. The number of likely N-dealkylation sites (N-methyl/N-ethyl adjacent to an activating group) is 1. The van der Waals surface area contributed by atoms with E-state index < -0.39 is 29.0 Å². The highest BCUT2D eigenvalue weighted by Gasteiger charge is 2.72. The van der Waals surface area contributed by atoms with Crippen LogP contribution in [-0.2, 0) is 14.4 Å². The monoisotopic (exact) mass is 211 g/mol. The van der Waals surface area contributed by atoms with Crippen molar-refractivity contribution in [3.63, 3.8) is 0 Å². The third-order valence-electron chi connectivity index (χ3n) is 3.72.